The first-order valence-corrected chi connectivity index (χ1v) is 8.22. The second-order valence-electron chi connectivity index (χ2n) is 7.48. The number of rotatable bonds is 5. The van der Waals surface area contributed by atoms with Gasteiger partial charge in [0.1, 0.15) is 0 Å². The molecule has 1 nitrogen and oxygen atoms in total. The van der Waals surface area contributed by atoms with Crippen molar-refractivity contribution >= 4 is 11.6 Å². The maximum atomic E-state index is 6.19. The van der Waals surface area contributed by atoms with E-state index in [-0.39, 0.29) is 5.41 Å². The maximum Gasteiger partial charge on any atom is 0.0409 e. The Hall–Kier alpha value is -0.530. The summed E-state index contributed by atoms with van der Waals surface area (Å²) < 4.78 is 0. The zero-order chi connectivity index (χ0) is 14.9. The van der Waals surface area contributed by atoms with Gasteiger partial charge in [0.05, 0.1) is 0 Å². The van der Waals surface area contributed by atoms with Crippen molar-refractivity contribution in [3.63, 3.8) is 0 Å². The van der Waals surface area contributed by atoms with Crippen LogP contribution in [-0.4, -0.2) is 6.04 Å². The SMILES string of the molecule is CC(C)CCC(C)NC1c2cc(Cl)ccc2CC1(C)C. The summed E-state index contributed by atoms with van der Waals surface area (Å²) in [6.45, 7) is 11.6. The fraction of sp³-hybridized carbons (Fsp3) is 0.667. The van der Waals surface area contributed by atoms with Crippen molar-refractivity contribution in [1.29, 1.82) is 0 Å². The van der Waals surface area contributed by atoms with Crippen molar-refractivity contribution in [2.24, 2.45) is 11.3 Å². The Bertz CT molecular complexity index is 464. The van der Waals surface area contributed by atoms with Gasteiger partial charge >= 0.3 is 0 Å². The molecule has 0 aliphatic heterocycles. The van der Waals surface area contributed by atoms with Crippen molar-refractivity contribution in [3.05, 3.63) is 34.3 Å². The van der Waals surface area contributed by atoms with E-state index in [1.165, 1.54) is 24.0 Å². The minimum atomic E-state index is 0.263. The van der Waals surface area contributed by atoms with Crippen molar-refractivity contribution in [2.45, 2.75) is 66.0 Å². The van der Waals surface area contributed by atoms with Crippen LogP contribution in [0, 0.1) is 11.3 Å². The molecule has 0 heterocycles. The minimum absolute atomic E-state index is 0.263. The summed E-state index contributed by atoms with van der Waals surface area (Å²) in [7, 11) is 0. The molecule has 1 aromatic carbocycles. The lowest BCUT2D eigenvalue weighted by Gasteiger charge is -2.32. The van der Waals surface area contributed by atoms with Gasteiger partial charge in [-0.3, -0.25) is 0 Å². The molecule has 0 saturated heterocycles. The summed E-state index contributed by atoms with van der Waals surface area (Å²) in [4.78, 5) is 0. The molecule has 1 aliphatic rings. The van der Waals surface area contributed by atoms with Gasteiger partial charge in [0.2, 0.25) is 0 Å². The molecule has 2 heteroatoms. The molecule has 1 aromatic rings. The van der Waals surface area contributed by atoms with Gasteiger partial charge < -0.3 is 5.32 Å². The summed E-state index contributed by atoms with van der Waals surface area (Å²) in [5.41, 5.74) is 3.12. The molecular weight excluding hydrogens is 266 g/mol. The molecule has 0 bridgehead atoms. The quantitative estimate of drug-likeness (QED) is 0.769. The largest absolute Gasteiger partial charge is 0.307 e. The van der Waals surface area contributed by atoms with Crippen molar-refractivity contribution < 1.29 is 0 Å². The van der Waals surface area contributed by atoms with E-state index in [1.807, 2.05) is 6.07 Å². The molecule has 1 aliphatic carbocycles. The van der Waals surface area contributed by atoms with Crippen LogP contribution < -0.4 is 5.32 Å². The fourth-order valence-corrected chi connectivity index (χ4v) is 3.46. The van der Waals surface area contributed by atoms with Gasteiger partial charge in [-0.2, -0.15) is 0 Å². The monoisotopic (exact) mass is 293 g/mol. The molecule has 1 N–H and O–H groups in total. The van der Waals surface area contributed by atoms with E-state index in [0.717, 1.165) is 17.4 Å². The third kappa shape index (κ3) is 3.56. The number of hydrogen-bond donors (Lipinski definition) is 1. The van der Waals surface area contributed by atoms with E-state index in [4.69, 9.17) is 11.6 Å². The Morgan fingerprint density at radius 3 is 2.60 bits per heavy atom. The van der Waals surface area contributed by atoms with E-state index >= 15 is 0 Å². The van der Waals surface area contributed by atoms with E-state index < -0.39 is 0 Å². The zero-order valence-electron chi connectivity index (χ0n) is 13.5. The Kier molecular flexibility index (Phi) is 4.81. The van der Waals surface area contributed by atoms with E-state index in [0.29, 0.717) is 12.1 Å². The van der Waals surface area contributed by atoms with Crippen molar-refractivity contribution in [3.8, 4) is 0 Å². The second-order valence-corrected chi connectivity index (χ2v) is 7.92. The summed E-state index contributed by atoms with van der Waals surface area (Å²) in [6.07, 6.45) is 3.65. The summed E-state index contributed by atoms with van der Waals surface area (Å²) in [5.74, 6) is 0.776. The Morgan fingerprint density at radius 1 is 1.25 bits per heavy atom. The van der Waals surface area contributed by atoms with Gasteiger partial charge in [-0.05, 0) is 60.8 Å². The lowest BCUT2D eigenvalue weighted by atomic mass is 9.84. The lowest BCUT2D eigenvalue weighted by molar-refractivity contribution is 0.244. The third-order valence-electron chi connectivity index (χ3n) is 4.47. The Balaban J connectivity index is 2.12. The molecule has 0 spiro atoms. The Labute approximate surface area is 129 Å². The molecule has 2 unspecified atom stereocenters. The average Bonchev–Trinajstić information content (AvgIpc) is 2.58. The molecule has 0 saturated carbocycles. The van der Waals surface area contributed by atoms with Crippen molar-refractivity contribution in [2.75, 3.05) is 0 Å². The van der Waals surface area contributed by atoms with Gasteiger partial charge in [0.25, 0.3) is 0 Å². The normalized spacial score (nSPS) is 22.1. The average molecular weight is 294 g/mol. The van der Waals surface area contributed by atoms with Gasteiger partial charge in [0, 0.05) is 17.1 Å². The summed E-state index contributed by atoms with van der Waals surface area (Å²) in [6, 6.07) is 7.32. The minimum Gasteiger partial charge on any atom is -0.307 e. The highest BCUT2D eigenvalue weighted by Gasteiger charge is 2.39. The highest BCUT2D eigenvalue weighted by Crippen LogP contribution is 2.46. The smallest absolute Gasteiger partial charge is 0.0409 e. The van der Waals surface area contributed by atoms with Crippen LogP contribution in [0.5, 0.6) is 0 Å². The highest BCUT2D eigenvalue weighted by atomic mass is 35.5. The van der Waals surface area contributed by atoms with Gasteiger partial charge in [0.15, 0.2) is 0 Å². The van der Waals surface area contributed by atoms with Crippen LogP contribution in [-0.2, 0) is 6.42 Å². The molecular formula is C18H28ClN. The number of fused-ring (bicyclic) bond motifs is 1. The predicted molar refractivity (Wildman–Crippen MR) is 88.3 cm³/mol. The molecule has 2 rings (SSSR count). The molecule has 0 fully saturated rings. The Morgan fingerprint density at radius 2 is 1.95 bits per heavy atom. The molecule has 2 atom stereocenters. The molecule has 0 amide bonds. The topological polar surface area (TPSA) is 12.0 Å². The maximum absolute atomic E-state index is 6.19. The van der Waals surface area contributed by atoms with Crippen LogP contribution in [0.3, 0.4) is 0 Å². The fourth-order valence-electron chi connectivity index (χ4n) is 3.28. The van der Waals surface area contributed by atoms with E-state index in [9.17, 15) is 0 Å². The van der Waals surface area contributed by atoms with Crippen LogP contribution in [0.15, 0.2) is 18.2 Å². The zero-order valence-corrected chi connectivity index (χ0v) is 14.2. The van der Waals surface area contributed by atoms with Crippen LogP contribution in [0.1, 0.15) is 64.6 Å². The van der Waals surface area contributed by atoms with Gasteiger partial charge in [-0.15, -0.1) is 0 Å². The van der Waals surface area contributed by atoms with Crippen LogP contribution in [0.25, 0.3) is 0 Å². The van der Waals surface area contributed by atoms with Gasteiger partial charge in [-0.25, -0.2) is 0 Å². The number of benzene rings is 1. The standard InChI is InChI=1S/C18H28ClN/c1-12(2)6-7-13(3)20-17-16-10-15(19)9-8-14(16)11-18(17,4)5/h8-10,12-13,17,20H,6-7,11H2,1-5H3. The first-order chi connectivity index (χ1) is 9.29. The number of nitrogens with one attached hydrogen (secondary N) is 1. The number of halogens is 1. The molecule has 20 heavy (non-hydrogen) atoms. The van der Waals surface area contributed by atoms with Crippen LogP contribution >= 0.6 is 11.6 Å². The molecule has 0 aromatic heterocycles. The first-order valence-electron chi connectivity index (χ1n) is 7.84. The van der Waals surface area contributed by atoms with Crippen LogP contribution in [0.2, 0.25) is 5.02 Å². The third-order valence-corrected chi connectivity index (χ3v) is 4.71. The van der Waals surface area contributed by atoms with E-state index in [1.54, 1.807) is 0 Å². The second kappa shape index (κ2) is 6.07. The van der Waals surface area contributed by atoms with Crippen molar-refractivity contribution in [1.82, 2.24) is 5.32 Å². The summed E-state index contributed by atoms with van der Waals surface area (Å²) >= 11 is 6.19. The molecule has 0 radical (unpaired) electrons. The first kappa shape index (κ1) is 15.9. The predicted octanol–water partition coefficient (Wildman–Crippen LogP) is 5.38. The number of hydrogen-bond acceptors (Lipinski definition) is 1. The highest BCUT2D eigenvalue weighted by molar-refractivity contribution is 6.30. The summed E-state index contributed by atoms with van der Waals surface area (Å²) in [5, 5.41) is 4.70. The molecule has 112 valence electrons. The van der Waals surface area contributed by atoms with Gasteiger partial charge in [-0.1, -0.05) is 45.4 Å². The van der Waals surface area contributed by atoms with E-state index in [2.05, 4.69) is 52.1 Å². The van der Waals surface area contributed by atoms with Crippen LogP contribution in [0.4, 0.5) is 0 Å². The lowest BCUT2D eigenvalue weighted by Crippen LogP contribution is -2.37.